The Morgan fingerprint density at radius 2 is 1.93 bits per heavy atom. The number of hydrogen-bond acceptors (Lipinski definition) is 7. The maximum Gasteiger partial charge on any atom is 0.259 e. The van der Waals surface area contributed by atoms with Gasteiger partial charge < -0.3 is 19.7 Å². The van der Waals surface area contributed by atoms with Gasteiger partial charge in [0.1, 0.15) is 5.75 Å². The van der Waals surface area contributed by atoms with Crippen molar-refractivity contribution in [1.82, 2.24) is 10.3 Å². The van der Waals surface area contributed by atoms with E-state index in [2.05, 4.69) is 20.5 Å². The fourth-order valence-corrected chi connectivity index (χ4v) is 3.14. The Morgan fingerprint density at radius 1 is 1.15 bits per heavy atom. The van der Waals surface area contributed by atoms with Gasteiger partial charge in [-0.05, 0) is 41.5 Å². The fourth-order valence-electron chi connectivity index (χ4n) is 3.14. The van der Waals surface area contributed by atoms with E-state index in [0.717, 1.165) is 18.8 Å². The van der Waals surface area contributed by atoms with E-state index in [4.69, 9.17) is 14.1 Å². The van der Waals surface area contributed by atoms with Crippen LogP contribution in [0.1, 0.15) is 17.3 Å². The molecule has 27 heavy (non-hydrogen) atoms. The molecule has 8 heteroatoms. The number of anilines is 2. The maximum absolute atomic E-state index is 12.8. The average molecular weight is 368 g/mol. The number of aromatic nitrogens is 2. The van der Waals surface area contributed by atoms with E-state index in [1.807, 2.05) is 25.1 Å². The third kappa shape index (κ3) is 3.43. The molecule has 2 heterocycles. The topological polar surface area (TPSA) is 89.7 Å². The molecule has 2 aromatic carbocycles. The average Bonchev–Trinajstić information content (AvgIpc) is 3.20. The number of carbonyl (C=O) groups is 1. The van der Waals surface area contributed by atoms with Crippen molar-refractivity contribution in [1.29, 1.82) is 0 Å². The quantitative estimate of drug-likeness (QED) is 0.740. The van der Waals surface area contributed by atoms with Gasteiger partial charge in [0, 0.05) is 13.1 Å². The Hall–Kier alpha value is -3.13. The van der Waals surface area contributed by atoms with Crippen LogP contribution >= 0.6 is 0 Å². The summed E-state index contributed by atoms with van der Waals surface area (Å²) in [5.74, 6) is 0.263. The molecule has 0 spiro atoms. The smallest absolute Gasteiger partial charge is 0.259 e. The summed E-state index contributed by atoms with van der Waals surface area (Å²) in [5.41, 5.74) is 3.05. The van der Waals surface area contributed by atoms with Crippen molar-refractivity contribution in [3.05, 3.63) is 42.0 Å². The fraction of sp³-hybridized carbons (Fsp3) is 0.316. The summed E-state index contributed by atoms with van der Waals surface area (Å²) in [5, 5.41) is 10.9. The summed E-state index contributed by atoms with van der Waals surface area (Å²) in [4.78, 5) is 14.9. The number of para-hydroxylation sites is 1. The van der Waals surface area contributed by atoms with Gasteiger partial charge in [-0.2, -0.15) is 0 Å². The first-order chi connectivity index (χ1) is 13.3. The Bertz CT molecular complexity index is 950. The lowest BCUT2D eigenvalue weighted by molar-refractivity contribution is 0.102. The van der Waals surface area contributed by atoms with Gasteiger partial charge in [-0.15, -0.1) is 0 Å². The van der Waals surface area contributed by atoms with Crippen LogP contribution in [-0.4, -0.2) is 49.1 Å². The SMILES string of the molecule is CCOc1ccccc1C(=O)Nc1ccc(N2CCOCC2)c2nonc12. The number of benzene rings is 2. The van der Waals surface area contributed by atoms with Crippen LogP contribution in [0.4, 0.5) is 11.4 Å². The zero-order valence-corrected chi connectivity index (χ0v) is 15.0. The van der Waals surface area contributed by atoms with Crippen molar-refractivity contribution in [2.24, 2.45) is 0 Å². The summed E-state index contributed by atoms with van der Waals surface area (Å²) in [7, 11) is 0. The molecule has 1 N–H and O–H groups in total. The highest BCUT2D eigenvalue weighted by molar-refractivity contribution is 6.10. The van der Waals surface area contributed by atoms with Crippen LogP contribution in [-0.2, 0) is 4.74 Å². The molecule has 1 aliphatic heterocycles. The third-order valence-corrected chi connectivity index (χ3v) is 4.43. The van der Waals surface area contributed by atoms with Crippen molar-refractivity contribution < 1.29 is 18.9 Å². The Morgan fingerprint density at radius 3 is 2.74 bits per heavy atom. The van der Waals surface area contributed by atoms with Crippen molar-refractivity contribution in [2.75, 3.05) is 43.1 Å². The Labute approximate surface area is 156 Å². The third-order valence-electron chi connectivity index (χ3n) is 4.43. The summed E-state index contributed by atoms with van der Waals surface area (Å²) in [6, 6.07) is 10.9. The summed E-state index contributed by atoms with van der Waals surface area (Å²) >= 11 is 0. The Kier molecular flexibility index (Phi) is 4.88. The number of fused-ring (bicyclic) bond motifs is 1. The number of ether oxygens (including phenoxy) is 2. The number of nitrogens with one attached hydrogen (secondary N) is 1. The second-order valence-corrected chi connectivity index (χ2v) is 6.08. The van der Waals surface area contributed by atoms with Crippen molar-refractivity contribution in [3.63, 3.8) is 0 Å². The van der Waals surface area contributed by atoms with Gasteiger partial charge in [0.15, 0.2) is 11.0 Å². The zero-order valence-electron chi connectivity index (χ0n) is 15.0. The maximum atomic E-state index is 12.8. The summed E-state index contributed by atoms with van der Waals surface area (Å²) in [6.07, 6.45) is 0. The van der Waals surface area contributed by atoms with Gasteiger partial charge in [0.25, 0.3) is 5.91 Å². The van der Waals surface area contributed by atoms with E-state index in [1.165, 1.54) is 0 Å². The van der Waals surface area contributed by atoms with Crippen LogP contribution in [0.3, 0.4) is 0 Å². The molecule has 1 amide bonds. The van der Waals surface area contributed by atoms with E-state index in [-0.39, 0.29) is 5.91 Å². The first-order valence-corrected chi connectivity index (χ1v) is 8.89. The van der Waals surface area contributed by atoms with Crippen LogP contribution in [0.5, 0.6) is 5.75 Å². The second-order valence-electron chi connectivity index (χ2n) is 6.08. The van der Waals surface area contributed by atoms with Crippen LogP contribution in [0, 0.1) is 0 Å². The molecule has 0 radical (unpaired) electrons. The molecule has 0 saturated carbocycles. The first kappa shape index (κ1) is 17.3. The molecule has 0 unspecified atom stereocenters. The molecule has 8 nitrogen and oxygen atoms in total. The summed E-state index contributed by atoms with van der Waals surface area (Å²) in [6.45, 7) is 5.24. The molecule has 1 saturated heterocycles. The summed E-state index contributed by atoms with van der Waals surface area (Å²) < 4.78 is 15.9. The number of carbonyl (C=O) groups excluding carboxylic acids is 1. The molecule has 0 aliphatic carbocycles. The molecule has 1 aliphatic rings. The van der Waals surface area contributed by atoms with Gasteiger partial charge in [0.2, 0.25) is 0 Å². The number of amides is 1. The van der Waals surface area contributed by atoms with Crippen molar-refractivity contribution >= 4 is 28.3 Å². The number of rotatable bonds is 5. The van der Waals surface area contributed by atoms with Crippen LogP contribution in [0.15, 0.2) is 41.0 Å². The van der Waals surface area contributed by atoms with Crippen LogP contribution < -0.4 is 15.0 Å². The molecule has 0 atom stereocenters. The van der Waals surface area contributed by atoms with Gasteiger partial charge in [0.05, 0.1) is 36.8 Å². The molecular weight excluding hydrogens is 348 g/mol. The van der Waals surface area contributed by atoms with E-state index >= 15 is 0 Å². The van der Waals surface area contributed by atoms with Gasteiger partial charge in [-0.25, -0.2) is 4.63 Å². The largest absolute Gasteiger partial charge is 0.493 e. The van der Waals surface area contributed by atoms with E-state index in [1.54, 1.807) is 18.2 Å². The lowest BCUT2D eigenvalue weighted by Gasteiger charge is -2.28. The predicted molar refractivity (Wildman–Crippen MR) is 100 cm³/mol. The highest BCUT2D eigenvalue weighted by Crippen LogP contribution is 2.31. The predicted octanol–water partition coefficient (Wildman–Crippen LogP) is 2.71. The van der Waals surface area contributed by atoms with E-state index < -0.39 is 0 Å². The van der Waals surface area contributed by atoms with E-state index in [0.29, 0.717) is 47.9 Å². The first-order valence-electron chi connectivity index (χ1n) is 8.89. The van der Waals surface area contributed by atoms with Gasteiger partial charge >= 0.3 is 0 Å². The molecule has 1 fully saturated rings. The second kappa shape index (κ2) is 7.63. The highest BCUT2D eigenvalue weighted by Gasteiger charge is 2.20. The van der Waals surface area contributed by atoms with E-state index in [9.17, 15) is 4.79 Å². The minimum absolute atomic E-state index is 0.275. The van der Waals surface area contributed by atoms with Crippen molar-refractivity contribution in [2.45, 2.75) is 6.92 Å². The monoisotopic (exact) mass is 368 g/mol. The molecule has 140 valence electrons. The standard InChI is InChI=1S/C19H20N4O4/c1-2-26-16-6-4-3-5-13(16)19(24)20-14-7-8-15(18-17(14)21-27-22-18)23-9-11-25-12-10-23/h3-8H,2,9-12H2,1H3,(H,20,24). The minimum Gasteiger partial charge on any atom is -0.493 e. The van der Waals surface area contributed by atoms with Crippen LogP contribution in [0.2, 0.25) is 0 Å². The lowest BCUT2D eigenvalue weighted by Crippen LogP contribution is -2.36. The molecular formula is C19H20N4O4. The number of hydrogen-bond donors (Lipinski definition) is 1. The minimum atomic E-state index is -0.275. The van der Waals surface area contributed by atoms with Crippen LogP contribution in [0.25, 0.3) is 11.0 Å². The number of nitrogens with zero attached hydrogens (tertiary/aromatic N) is 3. The lowest BCUT2D eigenvalue weighted by atomic mass is 10.1. The molecule has 1 aromatic heterocycles. The molecule has 0 bridgehead atoms. The molecule has 4 rings (SSSR count). The van der Waals surface area contributed by atoms with Gasteiger partial charge in [-0.3, -0.25) is 4.79 Å². The highest BCUT2D eigenvalue weighted by atomic mass is 16.6. The number of morpholine rings is 1. The Balaban J connectivity index is 1.63. The molecule has 3 aromatic rings. The normalized spacial score (nSPS) is 14.3. The van der Waals surface area contributed by atoms with Crippen molar-refractivity contribution in [3.8, 4) is 5.75 Å². The zero-order chi connectivity index (χ0) is 18.6. The van der Waals surface area contributed by atoms with Gasteiger partial charge in [-0.1, -0.05) is 12.1 Å².